The van der Waals surface area contributed by atoms with E-state index >= 15 is 0 Å². The van der Waals surface area contributed by atoms with Gasteiger partial charge >= 0.3 is 0 Å². The molecule has 0 bridgehead atoms. The standard InChI is InChI=1S/C17H23BrO/c1-14(2)5-4-6-15(3)11-12-19-13-16-7-9-17(18)10-8-16/h5,7-11H,4,6,12-13H2,1-3H3/b15-11+. The quantitative estimate of drug-likeness (QED) is 0.465. The molecule has 1 rings (SSSR count). The molecular formula is C17H23BrO. The van der Waals surface area contributed by atoms with Crippen LogP contribution < -0.4 is 0 Å². The zero-order valence-corrected chi connectivity index (χ0v) is 13.7. The van der Waals surface area contributed by atoms with Gasteiger partial charge in [-0.2, -0.15) is 0 Å². The highest BCUT2D eigenvalue weighted by atomic mass is 79.9. The third-order valence-electron chi connectivity index (χ3n) is 2.82. The highest BCUT2D eigenvalue weighted by Crippen LogP contribution is 2.11. The number of hydrogen-bond donors (Lipinski definition) is 0. The summed E-state index contributed by atoms with van der Waals surface area (Å²) < 4.78 is 6.75. The fourth-order valence-electron chi connectivity index (χ4n) is 1.65. The van der Waals surface area contributed by atoms with Gasteiger partial charge < -0.3 is 4.74 Å². The van der Waals surface area contributed by atoms with Crippen molar-refractivity contribution >= 4 is 15.9 Å². The van der Waals surface area contributed by atoms with E-state index in [4.69, 9.17) is 4.74 Å². The van der Waals surface area contributed by atoms with E-state index in [1.54, 1.807) is 0 Å². The summed E-state index contributed by atoms with van der Waals surface area (Å²) in [4.78, 5) is 0. The van der Waals surface area contributed by atoms with Gasteiger partial charge in [-0.3, -0.25) is 0 Å². The Hall–Kier alpha value is -0.860. The highest BCUT2D eigenvalue weighted by Gasteiger charge is 1.93. The Labute approximate surface area is 125 Å². The molecule has 0 aliphatic heterocycles. The average Bonchev–Trinajstić information content (AvgIpc) is 2.36. The van der Waals surface area contributed by atoms with Crippen LogP contribution in [0.2, 0.25) is 0 Å². The molecule has 2 heteroatoms. The number of hydrogen-bond acceptors (Lipinski definition) is 1. The third kappa shape index (κ3) is 8.02. The lowest BCUT2D eigenvalue weighted by Gasteiger charge is -2.03. The van der Waals surface area contributed by atoms with Crippen molar-refractivity contribution in [1.29, 1.82) is 0 Å². The minimum absolute atomic E-state index is 0.672. The minimum Gasteiger partial charge on any atom is -0.373 e. The first kappa shape index (κ1) is 16.2. The first-order valence-electron chi connectivity index (χ1n) is 6.69. The molecule has 104 valence electrons. The zero-order chi connectivity index (χ0) is 14.1. The molecule has 0 unspecified atom stereocenters. The van der Waals surface area contributed by atoms with Gasteiger partial charge in [-0.25, -0.2) is 0 Å². The summed E-state index contributed by atoms with van der Waals surface area (Å²) in [6, 6.07) is 8.24. The molecule has 0 amide bonds. The molecule has 0 N–H and O–H groups in total. The van der Waals surface area contributed by atoms with E-state index in [0.717, 1.165) is 17.3 Å². The second-order valence-electron chi connectivity index (χ2n) is 5.01. The normalized spacial score (nSPS) is 11.5. The van der Waals surface area contributed by atoms with Gasteiger partial charge in [0.25, 0.3) is 0 Å². The molecule has 0 fully saturated rings. The van der Waals surface area contributed by atoms with Crippen LogP contribution in [0.25, 0.3) is 0 Å². The van der Waals surface area contributed by atoms with Crippen LogP contribution in [0, 0.1) is 0 Å². The first-order chi connectivity index (χ1) is 9.08. The summed E-state index contributed by atoms with van der Waals surface area (Å²) in [6.07, 6.45) is 6.70. The van der Waals surface area contributed by atoms with E-state index in [0.29, 0.717) is 13.2 Å². The van der Waals surface area contributed by atoms with Gasteiger partial charge in [0.15, 0.2) is 0 Å². The first-order valence-corrected chi connectivity index (χ1v) is 7.48. The van der Waals surface area contributed by atoms with E-state index in [2.05, 4.69) is 61.0 Å². The largest absolute Gasteiger partial charge is 0.373 e. The Morgan fingerprint density at radius 1 is 1.11 bits per heavy atom. The van der Waals surface area contributed by atoms with Gasteiger partial charge in [0.2, 0.25) is 0 Å². The summed E-state index contributed by atoms with van der Waals surface area (Å²) in [5.74, 6) is 0. The molecule has 0 radical (unpaired) electrons. The van der Waals surface area contributed by atoms with Gasteiger partial charge in [0.1, 0.15) is 0 Å². The van der Waals surface area contributed by atoms with Crippen molar-refractivity contribution in [1.82, 2.24) is 0 Å². The van der Waals surface area contributed by atoms with Gasteiger partial charge in [0.05, 0.1) is 13.2 Å². The number of ether oxygens (including phenoxy) is 1. The smallest absolute Gasteiger partial charge is 0.0721 e. The lowest BCUT2D eigenvalue weighted by atomic mass is 10.1. The molecule has 0 aliphatic rings. The van der Waals surface area contributed by atoms with Crippen molar-refractivity contribution in [3.63, 3.8) is 0 Å². The van der Waals surface area contributed by atoms with E-state index in [9.17, 15) is 0 Å². The van der Waals surface area contributed by atoms with Crippen LogP contribution in [0.3, 0.4) is 0 Å². The molecule has 0 saturated heterocycles. The number of rotatable bonds is 7. The molecule has 19 heavy (non-hydrogen) atoms. The predicted octanol–water partition coefficient (Wildman–Crippen LogP) is 5.66. The molecular weight excluding hydrogens is 300 g/mol. The Morgan fingerprint density at radius 3 is 2.42 bits per heavy atom. The SMILES string of the molecule is CC(C)=CCC/C(C)=C/COCc1ccc(Br)cc1. The van der Waals surface area contributed by atoms with Gasteiger partial charge in [0, 0.05) is 4.47 Å². The van der Waals surface area contributed by atoms with Crippen LogP contribution in [-0.4, -0.2) is 6.61 Å². The second kappa shape index (κ2) is 9.11. The predicted molar refractivity (Wildman–Crippen MR) is 86.2 cm³/mol. The maximum absolute atomic E-state index is 5.65. The van der Waals surface area contributed by atoms with Crippen LogP contribution in [0.15, 0.2) is 52.0 Å². The minimum atomic E-state index is 0.672. The maximum Gasteiger partial charge on any atom is 0.0721 e. The van der Waals surface area contributed by atoms with E-state index < -0.39 is 0 Å². The highest BCUT2D eigenvalue weighted by molar-refractivity contribution is 9.10. The van der Waals surface area contributed by atoms with Crippen LogP contribution in [0.5, 0.6) is 0 Å². The number of benzene rings is 1. The van der Waals surface area contributed by atoms with Crippen molar-refractivity contribution in [3.8, 4) is 0 Å². The van der Waals surface area contributed by atoms with E-state index in [1.807, 2.05) is 12.1 Å². The average molecular weight is 323 g/mol. The molecule has 1 aromatic carbocycles. The molecule has 0 spiro atoms. The van der Waals surface area contributed by atoms with Crippen LogP contribution >= 0.6 is 15.9 Å². The topological polar surface area (TPSA) is 9.23 Å². The van der Waals surface area contributed by atoms with Gasteiger partial charge in [-0.05, 0) is 51.3 Å². The van der Waals surface area contributed by atoms with Crippen molar-refractivity contribution in [3.05, 3.63) is 57.6 Å². The van der Waals surface area contributed by atoms with Crippen LogP contribution in [0.4, 0.5) is 0 Å². The number of halogens is 1. The van der Waals surface area contributed by atoms with Crippen LogP contribution in [0.1, 0.15) is 39.2 Å². The second-order valence-corrected chi connectivity index (χ2v) is 5.93. The maximum atomic E-state index is 5.65. The van der Waals surface area contributed by atoms with E-state index in [1.165, 1.54) is 16.7 Å². The van der Waals surface area contributed by atoms with Crippen molar-refractivity contribution in [2.24, 2.45) is 0 Å². The lowest BCUT2D eigenvalue weighted by Crippen LogP contribution is -1.93. The van der Waals surface area contributed by atoms with Crippen molar-refractivity contribution in [2.45, 2.75) is 40.2 Å². The van der Waals surface area contributed by atoms with Crippen molar-refractivity contribution in [2.75, 3.05) is 6.61 Å². The Balaban J connectivity index is 2.22. The molecule has 0 saturated carbocycles. The summed E-state index contributed by atoms with van der Waals surface area (Å²) in [6.45, 7) is 7.81. The summed E-state index contributed by atoms with van der Waals surface area (Å²) >= 11 is 3.43. The third-order valence-corrected chi connectivity index (χ3v) is 3.35. The summed E-state index contributed by atoms with van der Waals surface area (Å²) in [5.41, 5.74) is 3.99. The number of allylic oxidation sites excluding steroid dienone is 3. The van der Waals surface area contributed by atoms with E-state index in [-0.39, 0.29) is 0 Å². The summed E-state index contributed by atoms with van der Waals surface area (Å²) in [5, 5.41) is 0. The summed E-state index contributed by atoms with van der Waals surface area (Å²) in [7, 11) is 0. The Morgan fingerprint density at radius 2 is 1.79 bits per heavy atom. The van der Waals surface area contributed by atoms with Crippen molar-refractivity contribution < 1.29 is 4.74 Å². The zero-order valence-electron chi connectivity index (χ0n) is 12.1. The molecule has 1 nitrogen and oxygen atoms in total. The molecule has 1 aromatic rings. The lowest BCUT2D eigenvalue weighted by molar-refractivity contribution is 0.148. The van der Waals surface area contributed by atoms with Gasteiger partial charge in [-0.15, -0.1) is 0 Å². The molecule has 0 aliphatic carbocycles. The van der Waals surface area contributed by atoms with Crippen LogP contribution in [-0.2, 0) is 11.3 Å². The molecule has 0 aromatic heterocycles. The Kier molecular flexibility index (Phi) is 7.76. The molecule has 0 atom stereocenters. The Bertz CT molecular complexity index is 425. The van der Waals surface area contributed by atoms with Gasteiger partial charge in [-0.1, -0.05) is 51.4 Å². The monoisotopic (exact) mass is 322 g/mol. The fourth-order valence-corrected chi connectivity index (χ4v) is 1.91. The fraction of sp³-hybridized carbons (Fsp3) is 0.412. The molecule has 0 heterocycles.